The standard InChI is InChI=1S/C14H17FN4O2/c1-4-5-16-12-11(6-10(15)7-17-12)13(20)18-14-8(2)9(3)19-21-14/h6-7H,4-5H2,1-3H3,(H,16,17)(H,18,20). The van der Waals surface area contributed by atoms with Crippen LogP contribution in [0.25, 0.3) is 0 Å². The van der Waals surface area contributed by atoms with Gasteiger partial charge in [0, 0.05) is 12.1 Å². The molecule has 2 heterocycles. The SMILES string of the molecule is CCCNc1ncc(F)cc1C(=O)Nc1onc(C)c1C. The van der Waals surface area contributed by atoms with Crippen LogP contribution < -0.4 is 10.6 Å². The lowest BCUT2D eigenvalue weighted by Crippen LogP contribution is -2.16. The quantitative estimate of drug-likeness (QED) is 0.885. The van der Waals surface area contributed by atoms with Crippen molar-refractivity contribution in [1.82, 2.24) is 10.1 Å². The van der Waals surface area contributed by atoms with Crippen LogP contribution in [0.5, 0.6) is 0 Å². The number of amides is 1. The molecule has 0 bridgehead atoms. The summed E-state index contributed by atoms with van der Waals surface area (Å²) in [5.41, 5.74) is 1.54. The summed E-state index contributed by atoms with van der Waals surface area (Å²) >= 11 is 0. The average molecular weight is 292 g/mol. The first-order chi connectivity index (χ1) is 10.0. The largest absolute Gasteiger partial charge is 0.369 e. The average Bonchev–Trinajstić information content (AvgIpc) is 2.78. The zero-order chi connectivity index (χ0) is 15.4. The van der Waals surface area contributed by atoms with E-state index in [9.17, 15) is 9.18 Å². The second-order valence-corrected chi connectivity index (χ2v) is 4.65. The molecule has 0 radical (unpaired) electrons. The molecule has 7 heteroatoms. The summed E-state index contributed by atoms with van der Waals surface area (Å²) in [7, 11) is 0. The molecular formula is C14H17FN4O2. The minimum Gasteiger partial charge on any atom is -0.369 e. The van der Waals surface area contributed by atoms with Crippen LogP contribution in [0.15, 0.2) is 16.8 Å². The van der Waals surface area contributed by atoms with Crippen molar-refractivity contribution in [3.8, 4) is 0 Å². The van der Waals surface area contributed by atoms with Crippen molar-refractivity contribution in [2.24, 2.45) is 0 Å². The molecule has 0 unspecified atom stereocenters. The van der Waals surface area contributed by atoms with Gasteiger partial charge in [-0.1, -0.05) is 12.1 Å². The number of carbonyl (C=O) groups is 1. The molecule has 0 aliphatic carbocycles. The van der Waals surface area contributed by atoms with Gasteiger partial charge >= 0.3 is 0 Å². The van der Waals surface area contributed by atoms with E-state index in [4.69, 9.17) is 4.52 Å². The number of hydrogen-bond donors (Lipinski definition) is 2. The number of rotatable bonds is 5. The van der Waals surface area contributed by atoms with Crippen molar-refractivity contribution in [1.29, 1.82) is 0 Å². The molecule has 0 aromatic carbocycles. The van der Waals surface area contributed by atoms with E-state index in [0.29, 0.717) is 18.1 Å². The first kappa shape index (κ1) is 15.0. The zero-order valence-electron chi connectivity index (χ0n) is 12.2. The number of anilines is 2. The van der Waals surface area contributed by atoms with Gasteiger partial charge in [0.25, 0.3) is 5.91 Å². The molecule has 0 fully saturated rings. The maximum atomic E-state index is 13.3. The number of nitrogens with zero attached hydrogens (tertiary/aromatic N) is 2. The molecule has 21 heavy (non-hydrogen) atoms. The Labute approximate surface area is 121 Å². The van der Waals surface area contributed by atoms with Crippen LogP contribution in [0.3, 0.4) is 0 Å². The summed E-state index contributed by atoms with van der Waals surface area (Å²) in [4.78, 5) is 16.2. The third-order valence-corrected chi connectivity index (χ3v) is 3.03. The fourth-order valence-corrected chi connectivity index (χ4v) is 1.70. The molecule has 0 saturated carbocycles. The van der Waals surface area contributed by atoms with E-state index in [1.54, 1.807) is 13.8 Å². The van der Waals surface area contributed by atoms with Crippen LogP contribution >= 0.6 is 0 Å². The Kier molecular flexibility index (Phi) is 4.52. The van der Waals surface area contributed by atoms with Gasteiger partial charge in [0.1, 0.15) is 11.6 Å². The van der Waals surface area contributed by atoms with Crippen molar-refractivity contribution in [3.05, 3.63) is 34.9 Å². The number of aromatic nitrogens is 2. The van der Waals surface area contributed by atoms with E-state index < -0.39 is 11.7 Å². The van der Waals surface area contributed by atoms with Gasteiger partial charge < -0.3 is 9.84 Å². The van der Waals surface area contributed by atoms with Crippen LogP contribution in [-0.2, 0) is 0 Å². The van der Waals surface area contributed by atoms with Crippen molar-refractivity contribution < 1.29 is 13.7 Å². The molecule has 0 spiro atoms. The van der Waals surface area contributed by atoms with Crippen LogP contribution in [0, 0.1) is 19.7 Å². The monoisotopic (exact) mass is 292 g/mol. The lowest BCUT2D eigenvalue weighted by molar-refractivity contribution is 0.102. The van der Waals surface area contributed by atoms with Crippen LogP contribution in [-0.4, -0.2) is 22.6 Å². The van der Waals surface area contributed by atoms with Gasteiger partial charge in [-0.2, -0.15) is 0 Å². The third kappa shape index (κ3) is 3.36. The lowest BCUT2D eigenvalue weighted by Gasteiger charge is -2.10. The second-order valence-electron chi connectivity index (χ2n) is 4.65. The maximum absolute atomic E-state index is 13.3. The molecular weight excluding hydrogens is 275 g/mol. The van der Waals surface area contributed by atoms with Crippen molar-refractivity contribution >= 4 is 17.6 Å². The molecule has 1 amide bonds. The summed E-state index contributed by atoms with van der Waals surface area (Å²) in [6.45, 7) is 6.17. The molecule has 2 aromatic rings. The Morgan fingerprint density at radius 2 is 2.19 bits per heavy atom. The summed E-state index contributed by atoms with van der Waals surface area (Å²) in [5, 5.41) is 9.33. The van der Waals surface area contributed by atoms with Crippen LogP contribution in [0.4, 0.5) is 16.1 Å². The highest BCUT2D eigenvalue weighted by molar-refractivity contribution is 6.07. The Hall–Kier alpha value is -2.44. The van der Waals surface area contributed by atoms with Crippen molar-refractivity contribution in [2.45, 2.75) is 27.2 Å². The summed E-state index contributed by atoms with van der Waals surface area (Å²) in [5.74, 6) is -0.486. The second kappa shape index (κ2) is 6.34. The molecule has 2 N–H and O–H groups in total. The van der Waals surface area contributed by atoms with E-state index in [1.807, 2.05) is 6.92 Å². The molecule has 2 rings (SSSR count). The van der Waals surface area contributed by atoms with Crippen molar-refractivity contribution in [3.63, 3.8) is 0 Å². The predicted molar refractivity (Wildman–Crippen MR) is 76.9 cm³/mol. The highest BCUT2D eigenvalue weighted by Gasteiger charge is 2.17. The smallest absolute Gasteiger partial charge is 0.261 e. The van der Waals surface area contributed by atoms with E-state index in [1.165, 1.54) is 0 Å². The number of halogens is 1. The molecule has 2 aromatic heterocycles. The number of nitrogens with one attached hydrogen (secondary N) is 2. The van der Waals surface area contributed by atoms with E-state index >= 15 is 0 Å². The highest BCUT2D eigenvalue weighted by Crippen LogP contribution is 2.20. The van der Waals surface area contributed by atoms with Gasteiger partial charge in [0.2, 0.25) is 5.88 Å². The van der Waals surface area contributed by atoms with Gasteiger partial charge in [-0.25, -0.2) is 9.37 Å². The fourth-order valence-electron chi connectivity index (χ4n) is 1.70. The number of pyridine rings is 1. The Morgan fingerprint density at radius 1 is 1.43 bits per heavy atom. The van der Waals surface area contributed by atoms with Gasteiger partial charge in [0.15, 0.2) is 0 Å². The van der Waals surface area contributed by atoms with Crippen LogP contribution in [0.1, 0.15) is 35.0 Å². The zero-order valence-corrected chi connectivity index (χ0v) is 12.2. The maximum Gasteiger partial charge on any atom is 0.261 e. The van der Waals surface area contributed by atoms with E-state index in [2.05, 4.69) is 20.8 Å². The van der Waals surface area contributed by atoms with Gasteiger partial charge in [0.05, 0.1) is 17.5 Å². The van der Waals surface area contributed by atoms with E-state index in [0.717, 1.165) is 24.2 Å². The topological polar surface area (TPSA) is 80.0 Å². The molecule has 6 nitrogen and oxygen atoms in total. The highest BCUT2D eigenvalue weighted by atomic mass is 19.1. The lowest BCUT2D eigenvalue weighted by atomic mass is 10.2. The first-order valence-corrected chi connectivity index (χ1v) is 6.66. The van der Waals surface area contributed by atoms with Gasteiger partial charge in [-0.05, 0) is 26.3 Å². The predicted octanol–water partition coefficient (Wildman–Crippen LogP) is 2.90. The summed E-state index contributed by atoms with van der Waals surface area (Å²) < 4.78 is 18.4. The number of carbonyl (C=O) groups excluding carboxylic acids is 1. The molecule has 112 valence electrons. The normalized spacial score (nSPS) is 10.5. The minimum absolute atomic E-state index is 0.122. The third-order valence-electron chi connectivity index (χ3n) is 3.03. The molecule has 0 aliphatic rings. The van der Waals surface area contributed by atoms with Gasteiger partial charge in [-0.3, -0.25) is 10.1 Å². The number of aryl methyl sites for hydroxylation is 1. The summed E-state index contributed by atoms with van der Waals surface area (Å²) in [6.07, 6.45) is 1.93. The first-order valence-electron chi connectivity index (χ1n) is 6.66. The van der Waals surface area contributed by atoms with Crippen molar-refractivity contribution in [2.75, 3.05) is 17.2 Å². The Morgan fingerprint density at radius 3 is 2.81 bits per heavy atom. The Bertz CT molecular complexity index is 654. The molecule has 0 saturated heterocycles. The minimum atomic E-state index is -0.576. The fraction of sp³-hybridized carbons (Fsp3) is 0.357. The Balaban J connectivity index is 2.25. The van der Waals surface area contributed by atoms with E-state index in [-0.39, 0.29) is 11.4 Å². The van der Waals surface area contributed by atoms with Crippen LogP contribution in [0.2, 0.25) is 0 Å². The molecule has 0 aliphatic heterocycles. The number of hydrogen-bond acceptors (Lipinski definition) is 5. The summed E-state index contributed by atoms with van der Waals surface area (Å²) in [6, 6.07) is 1.14. The van der Waals surface area contributed by atoms with Gasteiger partial charge in [-0.15, -0.1) is 0 Å². The molecule has 0 atom stereocenters.